The van der Waals surface area contributed by atoms with Crippen LogP contribution in [-0.2, 0) is 0 Å². The van der Waals surface area contributed by atoms with E-state index in [9.17, 15) is 4.79 Å². The van der Waals surface area contributed by atoms with E-state index in [4.69, 9.17) is 5.73 Å². The zero-order valence-corrected chi connectivity index (χ0v) is 12.2. The highest BCUT2D eigenvalue weighted by Gasteiger charge is 2.25. The molecule has 110 valence electrons. The molecule has 1 aliphatic rings. The standard InChI is InChI=1S/C16H20N4O/c1-12-9-18-20(10-12)15-4-2-14(3-5-15)16(21)19-7-6-13(8-17)11-19/h2-5,9-10,13H,6-8,11,17H2,1H3. The third kappa shape index (κ3) is 2.83. The van der Waals surface area contributed by atoms with Crippen LogP contribution >= 0.6 is 0 Å². The van der Waals surface area contributed by atoms with E-state index in [1.165, 1.54) is 0 Å². The SMILES string of the molecule is Cc1cnn(-c2ccc(C(=O)N3CCC(CN)C3)cc2)c1. The van der Waals surface area contributed by atoms with Crippen molar-refractivity contribution in [1.82, 2.24) is 14.7 Å². The highest BCUT2D eigenvalue weighted by Crippen LogP contribution is 2.18. The summed E-state index contributed by atoms with van der Waals surface area (Å²) in [6.07, 6.45) is 4.78. The Morgan fingerprint density at radius 2 is 2.14 bits per heavy atom. The summed E-state index contributed by atoms with van der Waals surface area (Å²) in [4.78, 5) is 14.3. The van der Waals surface area contributed by atoms with Gasteiger partial charge in [-0.05, 0) is 55.6 Å². The van der Waals surface area contributed by atoms with Gasteiger partial charge >= 0.3 is 0 Å². The number of nitrogens with zero attached hydrogens (tertiary/aromatic N) is 3. The third-order valence-corrected chi connectivity index (χ3v) is 4.00. The number of likely N-dealkylation sites (tertiary alicyclic amines) is 1. The van der Waals surface area contributed by atoms with Crippen LogP contribution in [0.1, 0.15) is 22.3 Å². The third-order valence-electron chi connectivity index (χ3n) is 4.00. The summed E-state index contributed by atoms with van der Waals surface area (Å²) in [5, 5.41) is 4.27. The number of hydrogen-bond donors (Lipinski definition) is 1. The monoisotopic (exact) mass is 284 g/mol. The van der Waals surface area contributed by atoms with Gasteiger partial charge in [-0.3, -0.25) is 4.79 Å². The topological polar surface area (TPSA) is 64.2 Å². The number of aromatic nitrogens is 2. The Hall–Kier alpha value is -2.14. The Kier molecular flexibility index (Phi) is 3.75. The van der Waals surface area contributed by atoms with Crippen molar-refractivity contribution in [3.63, 3.8) is 0 Å². The van der Waals surface area contributed by atoms with E-state index >= 15 is 0 Å². The molecule has 21 heavy (non-hydrogen) atoms. The number of benzene rings is 1. The molecule has 0 spiro atoms. The first-order chi connectivity index (χ1) is 10.2. The molecule has 1 atom stereocenters. The molecule has 2 N–H and O–H groups in total. The predicted molar refractivity (Wildman–Crippen MR) is 81.4 cm³/mol. The summed E-state index contributed by atoms with van der Waals surface area (Å²) in [5.41, 5.74) is 8.47. The molecule has 1 aliphatic heterocycles. The highest BCUT2D eigenvalue weighted by atomic mass is 16.2. The maximum atomic E-state index is 12.4. The van der Waals surface area contributed by atoms with Crippen LogP contribution in [0.3, 0.4) is 0 Å². The van der Waals surface area contributed by atoms with Crippen molar-refractivity contribution in [3.8, 4) is 5.69 Å². The van der Waals surface area contributed by atoms with Crippen molar-refractivity contribution in [2.75, 3.05) is 19.6 Å². The second kappa shape index (κ2) is 5.69. The minimum Gasteiger partial charge on any atom is -0.338 e. The summed E-state index contributed by atoms with van der Waals surface area (Å²) in [7, 11) is 0. The normalized spacial score (nSPS) is 18.2. The van der Waals surface area contributed by atoms with Gasteiger partial charge < -0.3 is 10.6 Å². The summed E-state index contributed by atoms with van der Waals surface area (Å²) in [6, 6.07) is 7.58. The van der Waals surface area contributed by atoms with Crippen LogP contribution in [0.4, 0.5) is 0 Å². The van der Waals surface area contributed by atoms with E-state index in [1.54, 1.807) is 0 Å². The maximum Gasteiger partial charge on any atom is 0.253 e. The van der Waals surface area contributed by atoms with Gasteiger partial charge in [0, 0.05) is 24.8 Å². The number of carbonyl (C=O) groups is 1. The number of rotatable bonds is 3. The average molecular weight is 284 g/mol. The lowest BCUT2D eigenvalue weighted by atomic mass is 10.1. The average Bonchev–Trinajstić information content (AvgIpc) is 3.15. The van der Waals surface area contributed by atoms with Crippen molar-refractivity contribution in [1.29, 1.82) is 0 Å². The van der Waals surface area contributed by atoms with Gasteiger partial charge in [-0.15, -0.1) is 0 Å². The Labute approximate surface area is 124 Å². The first kappa shape index (κ1) is 13.8. The largest absolute Gasteiger partial charge is 0.338 e. The summed E-state index contributed by atoms with van der Waals surface area (Å²) in [5.74, 6) is 0.536. The molecule has 2 heterocycles. The summed E-state index contributed by atoms with van der Waals surface area (Å²) < 4.78 is 1.81. The fraction of sp³-hybridized carbons (Fsp3) is 0.375. The first-order valence-corrected chi connectivity index (χ1v) is 7.28. The summed E-state index contributed by atoms with van der Waals surface area (Å²) >= 11 is 0. The zero-order valence-electron chi connectivity index (χ0n) is 12.2. The molecule has 0 bridgehead atoms. The van der Waals surface area contributed by atoms with Crippen molar-refractivity contribution in [3.05, 3.63) is 47.8 Å². The van der Waals surface area contributed by atoms with Gasteiger partial charge in [0.15, 0.2) is 0 Å². The van der Waals surface area contributed by atoms with Crippen LogP contribution in [0.5, 0.6) is 0 Å². The second-order valence-corrected chi connectivity index (χ2v) is 5.65. The van der Waals surface area contributed by atoms with Gasteiger partial charge in [-0.1, -0.05) is 0 Å². The summed E-state index contributed by atoms with van der Waals surface area (Å²) in [6.45, 7) is 4.24. The minimum absolute atomic E-state index is 0.0918. The van der Waals surface area contributed by atoms with Gasteiger partial charge in [0.05, 0.1) is 11.9 Å². The molecule has 5 heteroatoms. The fourth-order valence-electron chi connectivity index (χ4n) is 2.70. The molecule has 1 fully saturated rings. The fourth-order valence-corrected chi connectivity index (χ4v) is 2.70. The highest BCUT2D eigenvalue weighted by molar-refractivity contribution is 5.94. The molecule has 1 saturated heterocycles. The molecule has 1 amide bonds. The molecule has 3 rings (SSSR count). The Balaban J connectivity index is 1.73. The lowest BCUT2D eigenvalue weighted by Crippen LogP contribution is -2.29. The minimum atomic E-state index is 0.0918. The predicted octanol–water partition coefficient (Wildman–Crippen LogP) is 1.60. The van der Waals surface area contributed by atoms with E-state index < -0.39 is 0 Å². The van der Waals surface area contributed by atoms with Crippen LogP contribution in [0.25, 0.3) is 5.69 Å². The Morgan fingerprint density at radius 3 is 2.71 bits per heavy atom. The van der Waals surface area contributed by atoms with Crippen molar-refractivity contribution >= 4 is 5.91 Å². The maximum absolute atomic E-state index is 12.4. The molecule has 0 saturated carbocycles. The van der Waals surface area contributed by atoms with Crippen LogP contribution in [0.15, 0.2) is 36.7 Å². The van der Waals surface area contributed by atoms with E-state index in [1.807, 2.05) is 53.2 Å². The Bertz CT molecular complexity index is 632. The number of nitrogens with two attached hydrogens (primary N) is 1. The van der Waals surface area contributed by atoms with E-state index in [2.05, 4.69) is 5.10 Å². The van der Waals surface area contributed by atoms with Crippen molar-refractivity contribution in [2.24, 2.45) is 11.7 Å². The smallest absolute Gasteiger partial charge is 0.253 e. The van der Waals surface area contributed by atoms with Crippen molar-refractivity contribution in [2.45, 2.75) is 13.3 Å². The van der Waals surface area contributed by atoms with Gasteiger partial charge in [-0.25, -0.2) is 4.68 Å². The molecular weight excluding hydrogens is 264 g/mol. The van der Waals surface area contributed by atoms with Gasteiger partial charge in [0.25, 0.3) is 5.91 Å². The molecule has 1 unspecified atom stereocenters. The molecule has 1 aromatic carbocycles. The van der Waals surface area contributed by atoms with Crippen LogP contribution in [0.2, 0.25) is 0 Å². The van der Waals surface area contributed by atoms with E-state index in [0.717, 1.165) is 36.3 Å². The molecule has 5 nitrogen and oxygen atoms in total. The number of hydrogen-bond acceptors (Lipinski definition) is 3. The van der Waals surface area contributed by atoms with Gasteiger partial charge in [0.2, 0.25) is 0 Å². The van der Waals surface area contributed by atoms with Crippen molar-refractivity contribution < 1.29 is 4.79 Å². The number of amides is 1. The lowest BCUT2D eigenvalue weighted by molar-refractivity contribution is 0.0787. The number of aryl methyl sites for hydroxylation is 1. The van der Waals surface area contributed by atoms with Gasteiger partial charge in [-0.2, -0.15) is 5.10 Å². The Morgan fingerprint density at radius 1 is 1.38 bits per heavy atom. The molecule has 2 aromatic rings. The molecule has 1 aromatic heterocycles. The lowest BCUT2D eigenvalue weighted by Gasteiger charge is -2.16. The quantitative estimate of drug-likeness (QED) is 0.931. The van der Waals surface area contributed by atoms with E-state index in [-0.39, 0.29) is 5.91 Å². The van der Waals surface area contributed by atoms with Crippen LogP contribution in [0, 0.1) is 12.8 Å². The second-order valence-electron chi connectivity index (χ2n) is 5.65. The van der Waals surface area contributed by atoms with Gasteiger partial charge in [0.1, 0.15) is 0 Å². The number of carbonyl (C=O) groups excluding carboxylic acids is 1. The first-order valence-electron chi connectivity index (χ1n) is 7.28. The van der Waals surface area contributed by atoms with Crippen LogP contribution < -0.4 is 5.73 Å². The molecular formula is C16H20N4O. The molecule has 0 aliphatic carbocycles. The zero-order chi connectivity index (χ0) is 14.8. The molecule has 0 radical (unpaired) electrons. The van der Waals surface area contributed by atoms with Crippen LogP contribution in [-0.4, -0.2) is 40.2 Å². The van der Waals surface area contributed by atoms with E-state index in [0.29, 0.717) is 12.5 Å².